The van der Waals surface area contributed by atoms with E-state index in [1.807, 2.05) is 6.07 Å². The first-order valence-corrected chi connectivity index (χ1v) is 6.61. The van der Waals surface area contributed by atoms with Crippen LogP contribution in [0, 0.1) is 0 Å². The van der Waals surface area contributed by atoms with Gasteiger partial charge in [0.25, 0.3) is 0 Å². The molecule has 0 fully saturated rings. The van der Waals surface area contributed by atoms with Gasteiger partial charge in [-0.3, -0.25) is 4.79 Å². The Labute approximate surface area is 112 Å². The van der Waals surface area contributed by atoms with E-state index in [-0.39, 0.29) is 5.78 Å². The SMILES string of the molecule is CCOC(=O)C(C)Oc1ccc2c(c1)C(=O)CCC2. The number of hydrogen-bond acceptors (Lipinski definition) is 4. The number of aryl methyl sites for hydroxylation is 1. The molecule has 1 unspecified atom stereocenters. The fraction of sp³-hybridized carbons (Fsp3) is 0.467. The molecule has 1 aromatic carbocycles. The molecule has 0 radical (unpaired) electrons. The van der Waals surface area contributed by atoms with E-state index in [0.717, 1.165) is 24.0 Å². The zero-order valence-electron chi connectivity index (χ0n) is 11.3. The topological polar surface area (TPSA) is 52.6 Å². The third-order valence-electron chi connectivity index (χ3n) is 3.16. The minimum atomic E-state index is -0.670. The zero-order chi connectivity index (χ0) is 13.8. The quantitative estimate of drug-likeness (QED) is 0.782. The van der Waals surface area contributed by atoms with Gasteiger partial charge in [-0.2, -0.15) is 0 Å². The summed E-state index contributed by atoms with van der Waals surface area (Å²) in [5.74, 6) is 0.289. The molecular weight excluding hydrogens is 244 g/mol. The molecule has 0 aromatic heterocycles. The summed E-state index contributed by atoms with van der Waals surface area (Å²) in [7, 11) is 0. The number of hydrogen-bond donors (Lipinski definition) is 0. The minimum absolute atomic E-state index is 0.149. The Kier molecular flexibility index (Phi) is 4.20. The third kappa shape index (κ3) is 3.13. The number of benzene rings is 1. The molecule has 1 aromatic rings. The lowest BCUT2D eigenvalue weighted by Gasteiger charge is -2.18. The second-order valence-corrected chi connectivity index (χ2v) is 4.61. The van der Waals surface area contributed by atoms with Gasteiger partial charge >= 0.3 is 5.97 Å². The van der Waals surface area contributed by atoms with Crippen LogP contribution in [-0.2, 0) is 16.0 Å². The molecule has 0 heterocycles. The van der Waals surface area contributed by atoms with E-state index >= 15 is 0 Å². The Hall–Kier alpha value is -1.84. The molecule has 0 aliphatic heterocycles. The van der Waals surface area contributed by atoms with E-state index in [1.165, 1.54) is 0 Å². The molecule has 102 valence electrons. The van der Waals surface area contributed by atoms with Crippen molar-refractivity contribution in [2.24, 2.45) is 0 Å². The van der Waals surface area contributed by atoms with Crippen LogP contribution in [-0.4, -0.2) is 24.5 Å². The van der Waals surface area contributed by atoms with Crippen LogP contribution in [0.5, 0.6) is 5.75 Å². The molecule has 0 saturated carbocycles. The van der Waals surface area contributed by atoms with Gasteiger partial charge in [-0.15, -0.1) is 0 Å². The highest BCUT2D eigenvalue weighted by Gasteiger charge is 2.20. The average molecular weight is 262 g/mol. The lowest BCUT2D eigenvalue weighted by atomic mass is 9.90. The van der Waals surface area contributed by atoms with Gasteiger partial charge < -0.3 is 9.47 Å². The third-order valence-corrected chi connectivity index (χ3v) is 3.16. The van der Waals surface area contributed by atoms with Crippen LogP contribution in [0.4, 0.5) is 0 Å². The normalized spacial score (nSPS) is 15.6. The largest absolute Gasteiger partial charge is 0.479 e. The van der Waals surface area contributed by atoms with Crippen LogP contribution in [0.1, 0.15) is 42.6 Å². The van der Waals surface area contributed by atoms with Crippen LogP contribution < -0.4 is 4.74 Å². The van der Waals surface area contributed by atoms with Crippen molar-refractivity contribution in [3.63, 3.8) is 0 Å². The van der Waals surface area contributed by atoms with Gasteiger partial charge in [0, 0.05) is 12.0 Å². The van der Waals surface area contributed by atoms with Crippen molar-refractivity contribution in [3.8, 4) is 5.75 Å². The maximum Gasteiger partial charge on any atom is 0.347 e. The second-order valence-electron chi connectivity index (χ2n) is 4.61. The Morgan fingerprint density at radius 1 is 1.37 bits per heavy atom. The Morgan fingerprint density at radius 3 is 2.89 bits per heavy atom. The van der Waals surface area contributed by atoms with E-state index in [1.54, 1.807) is 26.0 Å². The van der Waals surface area contributed by atoms with E-state index < -0.39 is 12.1 Å². The molecule has 1 aliphatic rings. The average Bonchev–Trinajstić information content (AvgIpc) is 2.40. The maximum atomic E-state index is 11.8. The first-order valence-electron chi connectivity index (χ1n) is 6.61. The van der Waals surface area contributed by atoms with Crippen molar-refractivity contribution >= 4 is 11.8 Å². The molecule has 0 spiro atoms. The van der Waals surface area contributed by atoms with E-state index in [4.69, 9.17) is 9.47 Å². The highest BCUT2D eigenvalue weighted by Crippen LogP contribution is 2.26. The molecule has 0 N–H and O–H groups in total. The van der Waals surface area contributed by atoms with Crippen molar-refractivity contribution in [1.82, 2.24) is 0 Å². The van der Waals surface area contributed by atoms with Gasteiger partial charge in [-0.25, -0.2) is 4.79 Å². The minimum Gasteiger partial charge on any atom is -0.479 e. The van der Waals surface area contributed by atoms with Gasteiger partial charge in [0.1, 0.15) is 5.75 Å². The van der Waals surface area contributed by atoms with Crippen LogP contribution in [0.2, 0.25) is 0 Å². The first-order chi connectivity index (χ1) is 9.11. The first kappa shape index (κ1) is 13.6. The van der Waals surface area contributed by atoms with Gasteiger partial charge in [-0.1, -0.05) is 6.07 Å². The molecule has 0 bridgehead atoms. The fourth-order valence-electron chi connectivity index (χ4n) is 2.19. The molecule has 1 aliphatic carbocycles. The smallest absolute Gasteiger partial charge is 0.347 e. The number of ether oxygens (including phenoxy) is 2. The predicted octanol–water partition coefficient (Wildman–Crippen LogP) is 2.54. The van der Waals surface area contributed by atoms with Gasteiger partial charge in [0.05, 0.1) is 6.61 Å². The number of carbonyl (C=O) groups is 2. The number of fused-ring (bicyclic) bond motifs is 1. The number of Topliss-reactive ketones (excluding diaryl/α,β-unsaturated/α-hetero) is 1. The molecule has 1 atom stereocenters. The van der Waals surface area contributed by atoms with Crippen molar-refractivity contribution in [1.29, 1.82) is 0 Å². The zero-order valence-corrected chi connectivity index (χ0v) is 11.3. The van der Waals surface area contributed by atoms with Crippen molar-refractivity contribution in [2.75, 3.05) is 6.61 Å². The Balaban J connectivity index is 2.12. The summed E-state index contributed by atoms with van der Waals surface area (Å²) in [6.45, 7) is 3.72. The van der Waals surface area contributed by atoms with Crippen LogP contribution in [0.15, 0.2) is 18.2 Å². The van der Waals surface area contributed by atoms with Gasteiger partial charge in [0.2, 0.25) is 0 Å². The Morgan fingerprint density at radius 2 is 2.16 bits per heavy atom. The van der Waals surface area contributed by atoms with E-state index in [0.29, 0.717) is 18.8 Å². The Bertz CT molecular complexity index is 493. The lowest BCUT2D eigenvalue weighted by molar-refractivity contribution is -0.150. The van der Waals surface area contributed by atoms with E-state index in [9.17, 15) is 9.59 Å². The molecule has 0 amide bonds. The highest BCUT2D eigenvalue weighted by atomic mass is 16.6. The monoisotopic (exact) mass is 262 g/mol. The number of ketones is 1. The van der Waals surface area contributed by atoms with Crippen LogP contribution in [0.25, 0.3) is 0 Å². The molecule has 0 saturated heterocycles. The van der Waals surface area contributed by atoms with Gasteiger partial charge in [0.15, 0.2) is 11.9 Å². The number of rotatable bonds is 4. The number of esters is 1. The second kappa shape index (κ2) is 5.87. The molecule has 4 nitrogen and oxygen atoms in total. The van der Waals surface area contributed by atoms with Crippen LogP contribution >= 0.6 is 0 Å². The summed E-state index contributed by atoms with van der Waals surface area (Å²) in [6.07, 6.45) is 1.75. The van der Waals surface area contributed by atoms with Crippen molar-refractivity contribution in [2.45, 2.75) is 39.2 Å². The molecule has 2 rings (SSSR count). The van der Waals surface area contributed by atoms with Crippen molar-refractivity contribution in [3.05, 3.63) is 29.3 Å². The van der Waals surface area contributed by atoms with Crippen molar-refractivity contribution < 1.29 is 19.1 Å². The number of carbonyl (C=O) groups excluding carboxylic acids is 2. The summed E-state index contributed by atoms with van der Waals surface area (Å²) in [6, 6.07) is 5.43. The predicted molar refractivity (Wildman–Crippen MR) is 70.4 cm³/mol. The molecule has 4 heteroatoms. The summed E-state index contributed by atoms with van der Waals surface area (Å²) in [5.41, 5.74) is 1.78. The maximum absolute atomic E-state index is 11.8. The van der Waals surface area contributed by atoms with Crippen LogP contribution in [0.3, 0.4) is 0 Å². The van der Waals surface area contributed by atoms with Gasteiger partial charge in [-0.05, 0) is 44.4 Å². The summed E-state index contributed by atoms with van der Waals surface area (Å²) < 4.78 is 10.4. The standard InChI is InChI=1S/C15H18O4/c1-3-18-15(17)10(2)19-12-8-7-11-5-4-6-14(16)13(11)9-12/h7-10H,3-6H2,1-2H3. The summed E-state index contributed by atoms with van der Waals surface area (Å²) in [4.78, 5) is 23.3. The molecule has 19 heavy (non-hydrogen) atoms. The summed E-state index contributed by atoms with van der Waals surface area (Å²) >= 11 is 0. The fourth-order valence-corrected chi connectivity index (χ4v) is 2.19. The van der Waals surface area contributed by atoms with E-state index in [2.05, 4.69) is 0 Å². The summed E-state index contributed by atoms with van der Waals surface area (Å²) in [5, 5.41) is 0. The lowest BCUT2D eigenvalue weighted by Crippen LogP contribution is -2.26. The molecular formula is C15H18O4. The highest BCUT2D eigenvalue weighted by molar-refractivity contribution is 5.98.